The molecule has 2 N–H and O–H groups in total. The lowest BCUT2D eigenvalue weighted by atomic mass is 9.67. The van der Waals surface area contributed by atoms with Crippen molar-refractivity contribution in [3.8, 4) is 5.75 Å². The number of epoxide rings is 1. The van der Waals surface area contributed by atoms with Crippen LogP contribution >= 0.6 is 15.9 Å². The predicted octanol–water partition coefficient (Wildman–Crippen LogP) is 5.09. The van der Waals surface area contributed by atoms with E-state index in [1.807, 2.05) is 6.92 Å². The maximum absolute atomic E-state index is 13.2. The average molecular weight is 668 g/mol. The van der Waals surface area contributed by atoms with Gasteiger partial charge in [0.15, 0.2) is 0 Å². The Hall–Kier alpha value is -2.18. The number of hydrogen-bond donors (Lipinski definition) is 2. The van der Waals surface area contributed by atoms with Gasteiger partial charge >= 0.3 is 11.9 Å². The van der Waals surface area contributed by atoms with Crippen LogP contribution in [0.25, 0.3) is 0 Å². The smallest absolute Gasteiger partial charge is 0.334 e. The van der Waals surface area contributed by atoms with Crippen LogP contribution in [0.2, 0.25) is 0 Å². The molecule has 9 atom stereocenters. The van der Waals surface area contributed by atoms with Crippen LogP contribution in [0.3, 0.4) is 0 Å². The topological polar surface area (TPSA) is 133 Å². The normalized spacial score (nSPS) is 36.9. The van der Waals surface area contributed by atoms with Crippen molar-refractivity contribution in [3.05, 3.63) is 40.1 Å². The van der Waals surface area contributed by atoms with E-state index in [0.29, 0.717) is 31.6 Å². The van der Waals surface area contributed by atoms with Crippen molar-refractivity contribution in [2.75, 3.05) is 13.7 Å². The van der Waals surface area contributed by atoms with Gasteiger partial charge in [-0.2, -0.15) is 0 Å². The highest BCUT2D eigenvalue weighted by Crippen LogP contribution is 2.60. The summed E-state index contributed by atoms with van der Waals surface area (Å²) in [5.41, 5.74) is -0.467. The first-order chi connectivity index (χ1) is 20.2. The maximum Gasteiger partial charge on any atom is 0.334 e. The lowest BCUT2D eigenvalue weighted by Gasteiger charge is -2.58. The summed E-state index contributed by atoms with van der Waals surface area (Å²) in [6.07, 6.45) is -0.158. The van der Waals surface area contributed by atoms with E-state index in [1.54, 1.807) is 25.3 Å². The standard InChI is InChI=1S/C32H43BrO10/c1-17(7-10-23(38-6)21-11-20(35)8-9-22(21)33)29-18(2)25-14-32(43-29)30(4,5)15-31(16-39-31)26(42-32)13-28(37)40-24(19(3)34)12-27(36)41-25/h8-9,11,13,17-19,23-25,29,34-35H,7,10,12,14-16H2,1-6H3/b26-13-/t17-,18-,19+,23-,24+,25-,29+,31+,32+/m0/s1. The van der Waals surface area contributed by atoms with Gasteiger partial charge in [0.05, 0.1) is 43.8 Å². The monoisotopic (exact) mass is 666 g/mol. The lowest BCUT2D eigenvalue weighted by Crippen LogP contribution is -2.64. The minimum absolute atomic E-state index is 0.00918. The summed E-state index contributed by atoms with van der Waals surface area (Å²) in [6.45, 7) is 10.1. The number of carbonyl (C=O) groups excluding carboxylic acids is 2. The number of methoxy groups -OCH3 is 1. The minimum atomic E-state index is -1.20. The Balaban J connectivity index is 1.46. The number of esters is 2. The molecule has 4 heterocycles. The van der Waals surface area contributed by atoms with Gasteiger partial charge in [-0.1, -0.05) is 43.6 Å². The van der Waals surface area contributed by atoms with E-state index in [-0.39, 0.29) is 42.6 Å². The molecule has 4 aliphatic heterocycles. The van der Waals surface area contributed by atoms with Crippen LogP contribution in [-0.4, -0.2) is 71.7 Å². The Morgan fingerprint density at radius 3 is 2.53 bits per heavy atom. The number of benzene rings is 1. The molecule has 43 heavy (non-hydrogen) atoms. The van der Waals surface area contributed by atoms with E-state index >= 15 is 0 Å². The van der Waals surface area contributed by atoms with Crippen molar-refractivity contribution >= 4 is 27.9 Å². The summed E-state index contributed by atoms with van der Waals surface area (Å²) in [5.74, 6) is -2.19. The summed E-state index contributed by atoms with van der Waals surface area (Å²) in [4.78, 5) is 26.1. The van der Waals surface area contributed by atoms with Crippen LogP contribution in [-0.2, 0) is 38.0 Å². The zero-order chi connectivity index (χ0) is 31.3. The van der Waals surface area contributed by atoms with E-state index in [4.69, 9.17) is 28.4 Å². The Bertz CT molecular complexity index is 1260. The highest BCUT2D eigenvalue weighted by Gasteiger charge is 2.68. The largest absolute Gasteiger partial charge is 0.508 e. The van der Waals surface area contributed by atoms with Crippen LogP contribution in [0.15, 0.2) is 34.5 Å². The fourth-order valence-electron chi connectivity index (χ4n) is 6.90. The molecule has 0 amide bonds. The van der Waals surface area contributed by atoms with E-state index < -0.39 is 47.1 Å². The summed E-state index contributed by atoms with van der Waals surface area (Å²) in [5, 5.41) is 20.3. The third-order valence-electron chi connectivity index (χ3n) is 9.64. The van der Waals surface area contributed by atoms with Crippen molar-refractivity contribution in [1.82, 2.24) is 0 Å². The molecule has 0 saturated carbocycles. The summed E-state index contributed by atoms with van der Waals surface area (Å²) in [7, 11) is 1.65. The number of hydrogen-bond acceptors (Lipinski definition) is 10. The van der Waals surface area contributed by atoms with Gasteiger partial charge in [-0.3, -0.25) is 4.79 Å². The molecule has 5 rings (SSSR count). The highest BCUT2D eigenvalue weighted by atomic mass is 79.9. The summed E-state index contributed by atoms with van der Waals surface area (Å²) < 4.78 is 37.8. The predicted molar refractivity (Wildman–Crippen MR) is 158 cm³/mol. The molecule has 0 aliphatic carbocycles. The third kappa shape index (κ3) is 6.33. The van der Waals surface area contributed by atoms with Crippen LogP contribution in [0.1, 0.15) is 78.4 Å². The Kier molecular flexibility index (Phi) is 8.97. The number of aromatic hydroxyl groups is 1. The molecule has 1 aromatic carbocycles. The van der Waals surface area contributed by atoms with Gasteiger partial charge in [0, 0.05) is 22.9 Å². The van der Waals surface area contributed by atoms with Gasteiger partial charge in [0.1, 0.15) is 29.3 Å². The number of phenolic OH excluding ortho intramolecular Hbond substituents is 1. The molecule has 3 bridgehead atoms. The van der Waals surface area contributed by atoms with Crippen LogP contribution in [0.4, 0.5) is 0 Å². The first-order valence-corrected chi connectivity index (χ1v) is 15.8. The van der Waals surface area contributed by atoms with Crippen LogP contribution in [0, 0.1) is 17.3 Å². The van der Waals surface area contributed by atoms with Crippen LogP contribution in [0.5, 0.6) is 5.75 Å². The average Bonchev–Trinajstić information content (AvgIpc) is 3.69. The van der Waals surface area contributed by atoms with Gasteiger partial charge < -0.3 is 38.6 Å². The second kappa shape index (κ2) is 12.0. The number of aliphatic hydroxyl groups excluding tert-OH is 1. The van der Waals surface area contributed by atoms with Crippen molar-refractivity contribution in [2.24, 2.45) is 17.3 Å². The number of halogens is 1. The second-order valence-electron chi connectivity index (χ2n) is 13.3. The van der Waals surface area contributed by atoms with Crippen molar-refractivity contribution in [3.63, 3.8) is 0 Å². The van der Waals surface area contributed by atoms with E-state index in [1.165, 1.54) is 13.0 Å². The molecule has 4 aliphatic rings. The molecule has 10 nitrogen and oxygen atoms in total. The number of phenols is 1. The molecule has 238 valence electrons. The molecular weight excluding hydrogens is 624 g/mol. The first kappa shape index (κ1) is 32.2. The molecule has 2 spiro atoms. The third-order valence-corrected chi connectivity index (χ3v) is 10.4. The van der Waals surface area contributed by atoms with Crippen molar-refractivity contribution in [2.45, 2.75) is 109 Å². The van der Waals surface area contributed by atoms with E-state index in [0.717, 1.165) is 10.0 Å². The molecule has 0 aromatic heterocycles. The molecule has 3 fully saturated rings. The lowest BCUT2D eigenvalue weighted by molar-refractivity contribution is -0.362. The minimum Gasteiger partial charge on any atom is -0.508 e. The molecule has 3 saturated heterocycles. The number of aliphatic hydroxyl groups is 1. The van der Waals surface area contributed by atoms with E-state index in [9.17, 15) is 19.8 Å². The van der Waals surface area contributed by atoms with Crippen LogP contribution < -0.4 is 0 Å². The second-order valence-corrected chi connectivity index (χ2v) is 14.1. The number of ether oxygens (including phenoxy) is 6. The van der Waals surface area contributed by atoms with Crippen molar-refractivity contribution in [1.29, 1.82) is 0 Å². The van der Waals surface area contributed by atoms with E-state index in [2.05, 4.69) is 36.7 Å². The van der Waals surface area contributed by atoms with Gasteiger partial charge in [-0.25, -0.2) is 4.79 Å². The Morgan fingerprint density at radius 2 is 1.88 bits per heavy atom. The summed E-state index contributed by atoms with van der Waals surface area (Å²) >= 11 is 3.57. The van der Waals surface area contributed by atoms with Gasteiger partial charge in [-0.15, -0.1) is 0 Å². The van der Waals surface area contributed by atoms with Gasteiger partial charge in [0.2, 0.25) is 5.79 Å². The molecular formula is C32H43BrO10. The number of fused-ring (bicyclic) bond motifs is 3. The molecule has 11 heteroatoms. The van der Waals surface area contributed by atoms with Gasteiger partial charge in [-0.05, 0) is 55.9 Å². The first-order valence-electron chi connectivity index (χ1n) is 15.0. The zero-order valence-electron chi connectivity index (χ0n) is 25.6. The molecule has 0 radical (unpaired) electrons. The number of carbonyl (C=O) groups is 2. The quantitative estimate of drug-likeness (QED) is 0.300. The van der Waals surface area contributed by atoms with Crippen molar-refractivity contribution < 1.29 is 48.2 Å². The maximum atomic E-state index is 13.2. The summed E-state index contributed by atoms with van der Waals surface area (Å²) in [6, 6.07) is 5.12. The SMILES string of the molecule is CO[C@@H](CC[C@H](C)[C@H]1O[C@@]23C[C@H](OC(=O)C[C@H]([C@@H](C)O)OC(=O)/C=C(\O2)[C@]2(CO2)CC3(C)C)[C@@H]1C)c1cc(O)ccc1Br. The van der Waals surface area contributed by atoms with Gasteiger partial charge in [0.25, 0.3) is 0 Å². The highest BCUT2D eigenvalue weighted by molar-refractivity contribution is 9.10. The Labute approximate surface area is 261 Å². The fraction of sp³-hybridized carbons (Fsp3) is 0.688. The zero-order valence-corrected chi connectivity index (χ0v) is 27.2. The number of rotatable bonds is 7. The molecule has 1 aromatic rings. The fourth-order valence-corrected chi connectivity index (χ4v) is 7.40. The molecule has 0 unspecified atom stereocenters. The number of cyclic esters (lactones) is 1. The Morgan fingerprint density at radius 1 is 1.16 bits per heavy atom.